The first-order valence-corrected chi connectivity index (χ1v) is 24.7. The van der Waals surface area contributed by atoms with E-state index in [1.54, 1.807) is 0 Å². The Balaban J connectivity index is 1.15. The van der Waals surface area contributed by atoms with Crippen LogP contribution < -0.4 is 9.30 Å². The van der Waals surface area contributed by atoms with Crippen molar-refractivity contribution in [3.63, 3.8) is 0 Å². The highest BCUT2D eigenvalue weighted by atomic mass is 32.2. The molecular weight excluding hydrogens is 857 g/mol. The summed E-state index contributed by atoms with van der Waals surface area (Å²) in [6.07, 6.45) is 15.4. The quantitative estimate of drug-likeness (QED) is 0.0435. The Labute approximate surface area is 374 Å². The minimum Gasteiger partial charge on any atom is -0.494 e. The molecule has 14 nitrogen and oxygen atoms in total. The molecule has 0 saturated carbocycles. The average Bonchev–Trinajstić information content (AvgIpc) is 3.86. The fourth-order valence-corrected chi connectivity index (χ4v) is 9.24. The van der Waals surface area contributed by atoms with E-state index in [4.69, 9.17) is 23.7 Å². The zero-order valence-electron chi connectivity index (χ0n) is 36.5. The lowest BCUT2D eigenvalue weighted by Crippen LogP contribution is -2.35. The van der Waals surface area contributed by atoms with Crippen LogP contribution in [0, 0.1) is 5.41 Å². The minimum atomic E-state index is -4.08. The predicted octanol–water partition coefficient (Wildman–Crippen LogP) is 8.88. The number of carboxylic acids is 1. The van der Waals surface area contributed by atoms with Crippen LogP contribution in [0.5, 0.6) is 5.75 Å². The summed E-state index contributed by atoms with van der Waals surface area (Å²) < 4.78 is 77.5. The van der Waals surface area contributed by atoms with Crippen molar-refractivity contribution in [3.8, 4) is 17.1 Å². The van der Waals surface area contributed by atoms with Gasteiger partial charge in [-0.05, 0) is 111 Å². The van der Waals surface area contributed by atoms with Crippen LogP contribution in [0.25, 0.3) is 27.9 Å². The SMILES string of the molecule is CC1(C)C2=CC(c3ccc(OCCCS(=O)(=O)O)cc3)=CN(CCCCCC(=O)O)C2=N/C1=C\C=C\C1=Nc2c(cc(-c3cc4ccccc4o3)c[n+]2CCCCS(=O)(=O)O)C1(C)C. The number of pyridine rings is 1. The van der Waals surface area contributed by atoms with E-state index in [9.17, 15) is 31.3 Å². The highest BCUT2D eigenvalue weighted by Crippen LogP contribution is 2.47. The van der Waals surface area contributed by atoms with Crippen molar-refractivity contribution in [2.45, 2.75) is 84.6 Å². The molecule has 0 amide bonds. The standard InChI is InChI=1S/C48H54N4O10S2/c1-47(2)38-28-35(33-19-21-37(22-20-33)61-25-13-27-64(58,59)60)31-51(23-9-5-6-18-44(53)54)45(38)49-42(47)16-12-17-43-48(3,4)39-29-36(41-30-34-14-7-8-15-40(34)62-41)32-52(46(39)50-43)24-10-11-26-63(55,56)57/h7-8,12,14-17,19-22,28-32H,5-6,9-11,13,18,23-27H2,1-4H3,(H2-,53,54,55,56,57,58,59,60)/p+1. The molecule has 64 heavy (non-hydrogen) atoms. The summed E-state index contributed by atoms with van der Waals surface area (Å²) in [7, 11) is -8.13. The van der Waals surface area contributed by atoms with Gasteiger partial charge in [-0.3, -0.25) is 13.9 Å². The highest BCUT2D eigenvalue weighted by molar-refractivity contribution is 7.86. The molecule has 0 atom stereocenters. The van der Waals surface area contributed by atoms with Gasteiger partial charge in [0.05, 0.1) is 46.9 Å². The molecule has 0 spiro atoms. The Morgan fingerprint density at radius 2 is 1.59 bits per heavy atom. The van der Waals surface area contributed by atoms with Gasteiger partial charge in [-0.2, -0.15) is 16.8 Å². The van der Waals surface area contributed by atoms with E-state index >= 15 is 0 Å². The van der Waals surface area contributed by atoms with Crippen LogP contribution in [-0.4, -0.2) is 78.1 Å². The molecule has 16 heteroatoms. The summed E-state index contributed by atoms with van der Waals surface area (Å²) in [4.78, 5) is 23.7. The van der Waals surface area contributed by atoms with E-state index in [1.807, 2.05) is 83.6 Å². The summed E-state index contributed by atoms with van der Waals surface area (Å²) in [5.41, 5.74) is 6.31. The van der Waals surface area contributed by atoms with Crippen molar-refractivity contribution in [2.75, 3.05) is 24.7 Å². The van der Waals surface area contributed by atoms with Gasteiger partial charge in [0.25, 0.3) is 20.2 Å². The van der Waals surface area contributed by atoms with Crippen molar-refractivity contribution < 1.29 is 49.6 Å². The van der Waals surface area contributed by atoms with Crippen molar-refractivity contribution in [1.29, 1.82) is 0 Å². The lowest BCUT2D eigenvalue weighted by molar-refractivity contribution is -0.684. The number of nitrogens with zero attached hydrogens (tertiary/aromatic N) is 4. The molecule has 4 aromatic rings. The monoisotopic (exact) mass is 911 g/mol. The Morgan fingerprint density at radius 3 is 2.31 bits per heavy atom. The van der Waals surface area contributed by atoms with Crippen molar-refractivity contribution in [2.24, 2.45) is 15.4 Å². The molecule has 5 heterocycles. The number of aromatic nitrogens is 1. The Bertz CT molecular complexity index is 2820. The number of ether oxygens (including phenoxy) is 1. The molecule has 2 aromatic heterocycles. The number of amidine groups is 1. The molecule has 0 unspecified atom stereocenters. The van der Waals surface area contributed by atoms with Gasteiger partial charge in [0.1, 0.15) is 29.1 Å². The number of fused-ring (bicyclic) bond motifs is 3. The van der Waals surface area contributed by atoms with E-state index in [1.165, 1.54) is 0 Å². The van der Waals surface area contributed by atoms with Crippen molar-refractivity contribution in [3.05, 3.63) is 120 Å². The molecule has 0 fully saturated rings. The zero-order chi connectivity index (χ0) is 45.9. The first kappa shape index (κ1) is 46.3. The molecule has 7 rings (SSSR count). The van der Waals surface area contributed by atoms with Crippen molar-refractivity contribution >= 4 is 60.1 Å². The molecule has 0 aliphatic carbocycles. The summed E-state index contributed by atoms with van der Waals surface area (Å²) in [6, 6.07) is 19.5. The number of hydrogen-bond donors (Lipinski definition) is 3. The van der Waals surface area contributed by atoms with E-state index in [0.717, 1.165) is 74.7 Å². The number of aliphatic imine (C=N–C) groups is 2. The fraction of sp³-hybridized carbons (Fsp3) is 0.375. The van der Waals surface area contributed by atoms with Gasteiger partial charge in [0.15, 0.2) is 5.71 Å². The Hall–Kier alpha value is -5.68. The molecule has 3 aliphatic rings. The van der Waals surface area contributed by atoms with E-state index < -0.39 is 37.0 Å². The second-order valence-corrected chi connectivity index (χ2v) is 20.6. The Kier molecular flexibility index (Phi) is 13.6. The highest BCUT2D eigenvalue weighted by Gasteiger charge is 2.44. The predicted molar refractivity (Wildman–Crippen MR) is 248 cm³/mol. The first-order chi connectivity index (χ1) is 30.3. The molecule has 3 N–H and O–H groups in total. The maximum Gasteiger partial charge on any atom is 0.327 e. The van der Waals surface area contributed by atoms with Gasteiger partial charge in [-0.1, -0.05) is 56.7 Å². The van der Waals surface area contributed by atoms with Gasteiger partial charge in [-0.25, -0.2) is 9.56 Å². The van der Waals surface area contributed by atoms with Gasteiger partial charge in [0, 0.05) is 35.5 Å². The largest absolute Gasteiger partial charge is 0.494 e. The third-order valence-electron chi connectivity index (χ3n) is 11.9. The van der Waals surface area contributed by atoms with Crippen LogP contribution in [0.3, 0.4) is 0 Å². The number of allylic oxidation sites excluding steroid dienone is 6. The number of unbranched alkanes of at least 4 members (excludes halogenated alkanes) is 3. The van der Waals surface area contributed by atoms with Crippen LogP contribution in [-0.2, 0) is 37.0 Å². The lowest BCUT2D eigenvalue weighted by atomic mass is 9.79. The van der Waals surface area contributed by atoms with Crippen LogP contribution in [0.1, 0.15) is 83.8 Å². The van der Waals surface area contributed by atoms with Gasteiger partial charge >= 0.3 is 11.8 Å². The van der Waals surface area contributed by atoms with E-state index in [-0.39, 0.29) is 31.0 Å². The summed E-state index contributed by atoms with van der Waals surface area (Å²) in [5.74, 6) is 1.40. The molecule has 0 saturated heterocycles. The van der Waals surface area contributed by atoms with E-state index in [0.29, 0.717) is 43.9 Å². The van der Waals surface area contributed by atoms with Crippen LogP contribution in [0.4, 0.5) is 5.82 Å². The molecule has 2 aromatic carbocycles. The number of furan rings is 1. The first-order valence-electron chi connectivity index (χ1n) is 21.5. The van der Waals surface area contributed by atoms with Gasteiger partial charge < -0.3 is 19.2 Å². The zero-order valence-corrected chi connectivity index (χ0v) is 38.2. The second-order valence-electron chi connectivity index (χ2n) is 17.4. The average molecular weight is 912 g/mol. The Morgan fingerprint density at radius 1 is 0.859 bits per heavy atom. The maximum atomic E-state index is 11.5. The molecule has 0 radical (unpaired) electrons. The number of carboxylic acid groups (broad SMARTS) is 1. The lowest BCUT2D eigenvalue weighted by Gasteiger charge is -2.31. The number of para-hydroxylation sites is 1. The maximum absolute atomic E-state index is 11.5. The topological polar surface area (TPSA) is 200 Å². The van der Waals surface area contributed by atoms with Crippen LogP contribution in [0.2, 0.25) is 0 Å². The normalized spacial score (nSPS) is 17.3. The summed E-state index contributed by atoms with van der Waals surface area (Å²) in [6.45, 7) is 9.81. The number of rotatable bonds is 20. The molecular formula is C48H55N4O10S2+. The molecule has 0 bridgehead atoms. The summed E-state index contributed by atoms with van der Waals surface area (Å²) in [5, 5.41) is 10.2. The molecule has 3 aliphatic heterocycles. The number of benzene rings is 2. The fourth-order valence-electron chi connectivity index (χ4n) is 8.19. The van der Waals surface area contributed by atoms with Crippen LogP contribution >= 0.6 is 0 Å². The second kappa shape index (κ2) is 18.8. The van der Waals surface area contributed by atoms with Gasteiger partial charge in [-0.15, -0.1) is 0 Å². The third kappa shape index (κ3) is 11.0. The van der Waals surface area contributed by atoms with E-state index in [2.05, 4.69) is 50.9 Å². The smallest absolute Gasteiger partial charge is 0.327 e. The summed E-state index contributed by atoms with van der Waals surface area (Å²) >= 11 is 0. The van der Waals surface area contributed by atoms with Crippen LogP contribution in [0.15, 0.2) is 123 Å². The number of carbonyl (C=O) groups is 1. The van der Waals surface area contributed by atoms with Gasteiger partial charge in [0.2, 0.25) is 0 Å². The number of hydrogen-bond acceptors (Lipinski definition) is 10. The number of aliphatic carboxylic acids is 1. The van der Waals surface area contributed by atoms with Crippen molar-refractivity contribution in [1.82, 2.24) is 4.90 Å². The molecule has 338 valence electrons. The third-order valence-corrected chi connectivity index (χ3v) is 13.5. The minimum absolute atomic E-state index is 0.121. The number of aryl methyl sites for hydroxylation is 1.